The van der Waals surface area contributed by atoms with E-state index in [9.17, 15) is 0 Å². The van der Waals surface area contributed by atoms with Crippen molar-refractivity contribution >= 4 is 5.57 Å². The van der Waals surface area contributed by atoms with E-state index < -0.39 is 0 Å². The molecule has 1 aromatic rings. The van der Waals surface area contributed by atoms with Gasteiger partial charge in [0.2, 0.25) is 0 Å². The Bertz CT molecular complexity index is 708. The van der Waals surface area contributed by atoms with Crippen molar-refractivity contribution < 1.29 is 0 Å². The molecule has 0 bridgehead atoms. The average molecular weight is 352 g/mol. The van der Waals surface area contributed by atoms with Crippen LogP contribution < -0.4 is 16.0 Å². The molecule has 0 amide bonds. The van der Waals surface area contributed by atoms with Crippen LogP contribution in [0, 0.1) is 5.92 Å². The number of rotatable bonds is 7. The highest BCUT2D eigenvalue weighted by atomic mass is 15.1. The number of allylic oxidation sites excluding steroid dienone is 2. The number of benzene rings is 1. The molecule has 26 heavy (non-hydrogen) atoms. The van der Waals surface area contributed by atoms with E-state index >= 15 is 0 Å². The monoisotopic (exact) mass is 351 g/mol. The van der Waals surface area contributed by atoms with E-state index in [1.807, 2.05) is 7.05 Å². The van der Waals surface area contributed by atoms with Gasteiger partial charge in [-0.3, -0.25) is 0 Å². The van der Waals surface area contributed by atoms with Crippen molar-refractivity contribution in [3.05, 3.63) is 65.6 Å². The molecule has 0 saturated heterocycles. The highest BCUT2D eigenvalue weighted by Gasteiger charge is 2.24. The maximum atomic E-state index is 4.23. The summed E-state index contributed by atoms with van der Waals surface area (Å²) in [5, 5.41) is 10.4. The summed E-state index contributed by atoms with van der Waals surface area (Å²) in [5.41, 5.74) is 6.91. The van der Waals surface area contributed by atoms with Crippen molar-refractivity contribution in [2.75, 3.05) is 7.05 Å². The van der Waals surface area contributed by atoms with Crippen LogP contribution in [0.1, 0.15) is 50.7 Å². The summed E-state index contributed by atoms with van der Waals surface area (Å²) in [6, 6.07) is 9.54. The molecule has 1 unspecified atom stereocenters. The Hall–Kier alpha value is -2.16. The minimum Gasteiger partial charge on any atom is -0.392 e. The smallest absolute Gasteiger partial charge is 0.0919 e. The Labute approximate surface area is 158 Å². The van der Waals surface area contributed by atoms with Gasteiger partial charge in [0.25, 0.3) is 0 Å². The Kier molecular flexibility index (Phi) is 5.75. The van der Waals surface area contributed by atoms with Gasteiger partial charge in [0.05, 0.1) is 5.82 Å². The molecule has 0 heterocycles. The zero-order chi connectivity index (χ0) is 18.7. The SMILES string of the molecule is C=C(NC1CCC(C(=C)NC)CC1)NC(C)C1=C(C)c2ccccc2C1. The Balaban J connectivity index is 1.50. The van der Waals surface area contributed by atoms with Crippen LogP contribution in [0.25, 0.3) is 5.57 Å². The lowest BCUT2D eigenvalue weighted by Gasteiger charge is -2.32. The molecule has 1 aromatic carbocycles. The standard InChI is InChI=1S/C23H33N3/c1-15-22-9-7-6-8-20(22)14-23(15)17(3)25-18(4)26-21-12-10-19(11-13-21)16(2)24-5/h6-9,17,19,21,24-26H,2,4,10-14H2,1,3,5H3. The number of nitrogens with one attached hydrogen (secondary N) is 3. The lowest BCUT2D eigenvalue weighted by Crippen LogP contribution is -2.40. The fourth-order valence-electron chi connectivity index (χ4n) is 4.46. The summed E-state index contributed by atoms with van der Waals surface area (Å²) in [6.07, 6.45) is 5.78. The molecule has 1 atom stereocenters. The fourth-order valence-corrected chi connectivity index (χ4v) is 4.46. The minimum absolute atomic E-state index is 0.294. The molecular weight excluding hydrogens is 318 g/mol. The number of fused-ring (bicyclic) bond motifs is 1. The Morgan fingerprint density at radius 2 is 1.81 bits per heavy atom. The summed E-state index contributed by atoms with van der Waals surface area (Å²) in [6.45, 7) is 12.8. The molecule has 3 nitrogen and oxygen atoms in total. The van der Waals surface area contributed by atoms with Crippen molar-refractivity contribution in [1.29, 1.82) is 0 Å². The van der Waals surface area contributed by atoms with Gasteiger partial charge in [-0.25, -0.2) is 0 Å². The fraction of sp³-hybridized carbons (Fsp3) is 0.478. The normalized spacial score (nSPS) is 23.2. The first-order valence-electron chi connectivity index (χ1n) is 9.86. The second-order valence-electron chi connectivity index (χ2n) is 7.80. The molecule has 0 aromatic heterocycles. The second-order valence-corrected chi connectivity index (χ2v) is 7.80. The maximum absolute atomic E-state index is 4.23. The molecule has 0 spiro atoms. The van der Waals surface area contributed by atoms with E-state index in [-0.39, 0.29) is 0 Å². The maximum Gasteiger partial charge on any atom is 0.0919 e. The highest BCUT2D eigenvalue weighted by molar-refractivity contribution is 5.75. The van der Waals surface area contributed by atoms with E-state index in [1.54, 1.807) is 0 Å². The Morgan fingerprint density at radius 3 is 2.46 bits per heavy atom. The van der Waals surface area contributed by atoms with Gasteiger partial charge in [0, 0.05) is 24.8 Å². The summed E-state index contributed by atoms with van der Waals surface area (Å²) in [7, 11) is 1.97. The summed E-state index contributed by atoms with van der Waals surface area (Å²) < 4.78 is 0. The van der Waals surface area contributed by atoms with E-state index in [2.05, 4.69) is 67.2 Å². The summed E-state index contributed by atoms with van der Waals surface area (Å²) in [4.78, 5) is 0. The van der Waals surface area contributed by atoms with E-state index in [0.717, 1.165) is 12.2 Å². The van der Waals surface area contributed by atoms with Crippen LogP contribution >= 0.6 is 0 Å². The lowest BCUT2D eigenvalue weighted by molar-refractivity contribution is 0.322. The first-order valence-corrected chi connectivity index (χ1v) is 9.86. The molecular formula is C23H33N3. The van der Waals surface area contributed by atoms with Crippen LogP contribution in [0.3, 0.4) is 0 Å². The topological polar surface area (TPSA) is 36.1 Å². The first-order chi connectivity index (χ1) is 12.5. The van der Waals surface area contributed by atoms with Gasteiger partial charge in [-0.15, -0.1) is 0 Å². The summed E-state index contributed by atoms with van der Waals surface area (Å²) in [5.74, 6) is 1.56. The quantitative estimate of drug-likeness (QED) is 0.684. The van der Waals surface area contributed by atoms with Crippen molar-refractivity contribution in [1.82, 2.24) is 16.0 Å². The summed E-state index contributed by atoms with van der Waals surface area (Å²) >= 11 is 0. The van der Waals surface area contributed by atoms with Gasteiger partial charge in [-0.2, -0.15) is 0 Å². The van der Waals surface area contributed by atoms with Gasteiger partial charge < -0.3 is 16.0 Å². The van der Waals surface area contributed by atoms with Crippen LogP contribution in [0.15, 0.2) is 54.5 Å². The minimum atomic E-state index is 0.294. The second kappa shape index (κ2) is 8.03. The zero-order valence-corrected chi connectivity index (χ0v) is 16.5. The third kappa shape index (κ3) is 3.98. The lowest BCUT2D eigenvalue weighted by atomic mass is 9.84. The molecule has 1 saturated carbocycles. The number of hydrogen-bond acceptors (Lipinski definition) is 3. The van der Waals surface area contributed by atoms with E-state index in [0.29, 0.717) is 18.0 Å². The third-order valence-corrected chi connectivity index (χ3v) is 6.12. The average Bonchev–Trinajstić information content (AvgIpc) is 2.99. The Morgan fingerprint density at radius 1 is 1.12 bits per heavy atom. The first kappa shape index (κ1) is 18.6. The molecule has 2 aliphatic carbocycles. The van der Waals surface area contributed by atoms with Gasteiger partial charge >= 0.3 is 0 Å². The molecule has 140 valence electrons. The zero-order valence-electron chi connectivity index (χ0n) is 16.5. The van der Waals surface area contributed by atoms with E-state index in [4.69, 9.17) is 0 Å². The van der Waals surface area contributed by atoms with Crippen molar-refractivity contribution in [3.63, 3.8) is 0 Å². The van der Waals surface area contributed by atoms with Crippen LogP contribution in [-0.4, -0.2) is 19.1 Å². The largest absolute Gasteiger partial charge is 0.392 e. The van der Waals surface area contributed by atoms with Gasteiger partial charge in [0.15, 0.2) is 0 Å². The molecule has 0 aliphatic heterocycles. The molecule has 0 radical (unpaired) electrons. The van der Waals surface area contributed by atoms with Crippen molar-refractivity contribution in [2.24, 2.45) is 5.92 Å². The van der Waals surface area contributed by atoms with Crippen LogP contribution in [0.5, 0.6) is 0 Å². The van der Waals surface area contributed by atoms with Crippen LogP contribution in [-0.2, 0) is 6.42 Å². The van der Waals surface area contributed by atoms with Crippen LogP contribution in [0.4, 0.5) is 0 Å². The van der Waals surface area contributed by atoms with Gasteiger partial charge in [-0.1, -0.05) is 37.4 Å². The molecule has 2 aliphatic rings. The molecule has 3 rings (SSSR count). The van der Waals surface area contributed by atoms with Crippen molar-refractivity contribution in [3.8, 4) is 0 Å². The molecule has 3 heteroatoms. The highest BCUT2D eigenvalue weighted by Crippen LogP contribution is 2.34. The number of hydrogen-bond donors (Lipinski definition) is 3. The molecule has 3 N–H and O–H groups in total. The predicted octanol–water partition coefficient (Wildman–Crippen LogP) is 4.35. The predicted molar refractivity (Wildman–Crippen MR) is 112 cm³/mol. The van der Waals surface area contributed by atoms with Crippen LogP contribution in [0.2, 0.25) is 0 Å². The van der Waals surface area contributed by atoms with Gasteiger partial charge in [-0.05, 0) is 74.1 Å². The van der Waals surface area contributed by atoms with Gasteiger partial charge in [0.1, 0.15) is 0 Å². The third-order valence-electron chi connectivity index (χ3n) is 6.12. The van der Waals surface area contributed by atoms with Crippen molar-refractivity contribution in [2.45, 2.75) is 58.0 Å². The van der Waals surface area contributed by atoms with E-state index in [1.165, 1.54) is 53.7 Å². The molecule has 1 fully saturated rings.